The maximum atomic E-state index is 12.1. The molecule has 9 heteroatoms. The van der Waals surface area contributed by atoms with E-state index in [0.717, 1.165) is 32.1 Å². The zero-order valence-corrected chi connectivity index (χ0v) is 21.3. The molecule has 36 heavy (non-hydrogen) atoms. The number of hydrogen-bond donors (Lipinski definition) is 4. The van der Waals surface area contributed by atoms with E-state index in [0.29, 0.717) is 38.0 Å². The van der Waals surface area contributed by atoms with Gasteiger partial charge in [0, 0.05) is 24.3 Å². The van der Waals surface area contributed by atoms with Gasteiger partial charge < -0.3 is 34.6 Å². The Morgan fingerprint density at radius 3 is 2.31 bits per heavy atom. The standard InChI is InChI=1S/C26H44O9.CH4/c1-16(13-23(30)33-11-9-7-5-4-6-8-10-22(28)29)12-20-25(32)24(31)19(15-34-20)14-21-26(35-21)17(2)18(3)27;/h13,17-21,24-27,31-32H,4-12,14-15H2,1-3H3,(H,28,29);1H4/b16-13+;/t17-,18-,19-,20-,21-,24+,25-,26-;/m0./s1. The number of carbonyl (C=O) groups is 2. The van der Waals surface area contributed by atoms with Crippen LogP contribution in [0.3, 0.4) is 0 Å². The van der Waals surface area contributed by atoms with Crippen molar-refractivity contribution in [2.45, 2.75) is 123 Å². The Kier molecular flexibility index (Phi) is 14.8. The largest absolute Gasteiger partial charge is 0.481 e. The number of hydrogen-bond acceptors (Lipinski definition) is 8. The van der Waals surface area contributed by atoms with Crippen LogP contribution in [0.5, 0.6) is 0 Å². The average Bonchev–Trinajstić information content (AvgIpc) is 3.55. The molecule has 8 atom stereocenters. The first kappa shape index (κ1) is 32.5. The molecule has 0 aliphatic carbocycles. The third kappa shape index (κ3) is 11.3. The number of carbonyl (C=O) groups excluding carboxylic acids is 1. The van der Waals surface area contributed by atoms with Gasteiger partial charge in [0.2, 0.25) is 0 Å². The van der Waals surface area contributed by atoms with E-state index < -0.39 is 36.4 Å². The van der Waals surface area contributed by atoms with E-state index in [1.165, 1.54) is 6.08 Å². The molecule has 4 N–H and O–H groups in total. The SMILES string of the molecule is C.C/C(=C\C(=O)OCCCCCCCCC(=O)O)C[C@@H]1OC[C@H](C[C@@H]2O[C@H]2[C@@H](C)[C@H](C)O)[C@@H](O)[C@H]1O. The number of epoxide rings is 1. The molecule has 2 saturated heterocycles. The van der Waals surface area contributed by atoms with Crippen LogP contribution in [0.1, 0.15) is 86.0 Å². The van der Waals surface area contributed by atoms with Crippen LogP contribution in [0, 0.1) is 11.8 Å². The number of aliphatic hydroxyl groups is 3. The average molecular weight is 517 g/mol. The quantitative estimate of drug-likeness (QED) is 0.105. The van der Waals surface area contributed by atoms with Crippen molar-refractivity contribution in [1.82, 2.24) is 0 Å². The van der Waals surface area contributed by atoms with Crippen LogP contribution >= 0.6 is 0 Å². The molecule has 2 aliphatic heterocycles. The first-order valence-electron chi connectivity index (χ1n) is 13.0. The van der Waals surface area contributed by atoms with E-state index >= 15 is 0 Å². The van der Waals surface area contributed by atoms with Gasteiger partial charge >= 0.3 is 11.9 Å². The smallest absolute Gasteiger partial charge is 0.330 e. The number of aliphatic hydroxyl groups excluding tert-OH is 3. The lowest BCUT2D eigenvalue weighted by Crippen LogP contribution is -2.50. The molecular formula is C27H48O9. The highest BCUT2D eigenvalue weighted by Gasteiger charge is 2.48. The Labute approximate surface area is 215 Å². The van der Waals surface area contributed by atoms with Crippen molar-refractivity contribution in [2.24, 2.45) is 11.8 Å². The fourth-order valence-corrected chi connectivity index (χ4v) is 4.59. The molecule has 2 fully saturated rings. The number of rotatable bonds is 16. The molecule has 210 valence electrons. The first-order valence-corrected chi connectivity index (χ1v) is 13.0. The van der Waals surface area contributed by atoms with Gasteiger partial charge in [0.15, 0.2) is 0 Å². The fourth-order valence-electron chi connectivity index (χ4n) is 4.59. The summed E-state index contributed by atoms with van der Waals surface area (Å²) in [5.74, 6) is -1.42. The second kappa shape index (κ2) is 16.3. The minimum atomic E-state index is -1.06. The molecule has 0 unspecified atom stereocenters. The minimum Gasteiger partial charge on any atom is -0.481 e. The van der Waals surface area contributed by atoms with E-state index in [-0.39, 0.29) is 37.9 Å². The van der Waals surface area contributed by atoms with Gasteiger partial charge in [-0.25, -0.2) is 4.79 Å². The van der Waals surface area contributed by atoms with Crippen molar-refractivity contribution in [3.8, 4) is 0 Å². The van der Waals surface area contributed by atoms with Crippen LogP contribution in [0.15, 0.2) is 11.6 Å². The number of carboxylic acid groups (broad SMARTS) is 1. The highest BCUT2D eigenvalue weighted by atomic mass is 16.6. The van der Waals surface area contributed by atoms with Crippen molar-refractivity contribution in [3.05, 3.63) is 11.6 Å². The number of esters is 1. The van der Waals surface area contributed by atoms with Crippen molar-refractivity contribution >= 4 is 11.9 Å². The summed E-state index contributed by atoms with van der Waals surface area (Å²) in [5.41, 5.74) is 0.708. The van der Waals surface area contributed by atoms with Gasteiger partial charge in [0.05, 0.1) is 43.7 Å². The highest BCUT2D eigenvalue weighted by Crippen LogP contribution is 2.38. The molecule has 0 spiro atoms. The normalized spacial score (nSPS) is 29.7. The van der Waals surface area contributed by atoms with Gasteiger partial charge in [0.1, 0.15) is 6.10 Å². The van der Waals surface area contributed by atoms with Crippen LogP contribution in [0.4, 0.5) is 0 Å². The molecule has 0 aromatic heterocycles. The van der Waals surface area contributed by atoms with E-state index in [2.05, 4.69) is 0 Å². The minimum absolute atomic E-state index is 0. The summed E-state index contributed by atoms with van der Waals surface area (Å²) in [4.78, 5) is 22.5. The van der Waals surface area contributed by atoms with E-state index in [9.17, 15) is 24.9 Å². The molecular weight excluding hydrogens is 468 g/mol. The summed E-state index contributed by atoms with van der Waals surface area (Å²) in [6, 6.07) is 0. The van der Waals surface area contributed by atoms with Gasteiger partial charge in [-0.2, -0.15) is 0 Å². The topological polar surface area (TPSA) is 146 Å². The summed E-state index contributed by atoms with van der Waals surface area (Å²) < 4.78 is 16.7. The van der Waals surface area contributed by atoms with Crippen LogP contribution < -0.4 is 0 Å². The lowest BCUT2D eigenvalue weighted by Gasteiger charge is -2.38. The van der Waals surface area contributed by atoms with Crippen molar-refractivity contribution < 1.29 is 44.2 Å². The number of ether oxygens (including phenoxy) is 3. The third-order valence-corrected chi connectivity index (χ3v) is 7.09. The zero-order chi connectivity index (χ0) is 26.0. The van der Waals surface area contributed by atoms with Gasteiger partial charge in [-0.15, -0.1) is 0 Å². The lowest BCUT2D eigenvalue weighted by molar-refractivity contribution is -0.165. The Hall–Kier alpha value is -1.52. The summed E-state index contributed by atoms with van der Waals surface area (Å²) in [6.07, 6.45) is 4.61. The third-order valence-electron chi connectivity index (χ3n) is 7.09. The lowest BCUT2D eigenvalue weighted by atomic mass is 9.85. The Morgan fingerprint density at radius 2 is 1.67 bits per heavy atom. The Balaban J connectivity index is 0.00000648. The van der Waals surface area contributed by atoms with Gasteiger partial charge in [0.25, 0.3) is 0 Å². The molecule has 0 bridgehead atoms. The second-order valence-electron chi connectivity index (χ2n) is 10.2. The maximum Gasteiger partial charge on any atom is 0.330 e. The van der Waals surface area contributed by atoms with E-state index in [1.807, 2.05) is 6.92 Å². The van der Waals surface area contributed by atoms with E-state index in [1.54, 1.807) is 13.8 Å². The van der Waals surface area contributed by atoms with Gasteiger partial charge in [-0.3, -0.25) is 4.79 Å². The fraction of sp³-hybridized carbons (Fsp3) is 0.852. The summed E-state index contributed by atoms with van der Waals surface area (Å²) >= 11 is 0. The highest BCUT2D eigenvalue weighted by molar-refractivity contribution is 5.82. The molecule has 0 radical (unpaired) electrons. The molecule has 2 aliphatic rings. The Bertz CT molecular complexity index is 693. The second-order valence-corrected chi connectivity index (χ2v) is 10.2. The van der Waals surface area contributed by atoms with Crippen LogP contribution in [0.25, 0.3) is 0 Å². The number of aliphatic carboxylic acids is 1. The number of unbranched alkanes of at least 4 members (excludes halogenated alkanes) is 5. The predicted molar refractivity (Wildman–Crippen MR) is 135 cm³/mol. The van der Waals surface area contributed by atoms with Crippen LogP contribution in [-0.2, 0) is 23.8 Å². The van der Waals surface area contributed by atoms with Gasteiger partial charge in [-0.1, -0.05) is 45.6 Å². The molecule has 0 aromatic rings. The molecule has 0 saturated carbocycles. The maximum absolute atomic E-state index is 12.1. The molecule has 0 amide bonds. The van der Waals surface area contributed by atoms with E-state index in [4.69, 9.17) is 19.3 Å². The van der Waals surface area contributed by atoms with Gasteiger partial charge in [-0.05, 0) is 39.5 Å². The predicted octanol–water partition coefficient (Wildman–Crippen LogP) is 3.23. The first-order chi connectivity index (χ1) is 16.6. The summed E-state index contributed by atoms with van der Waals surface area (Å²) in [5, 5.41) is 39.5. The van der Waals surface area contributed by atoms with Crippen molar-refractivity contribution in [1.29, 1.82) is 0 Å². The van der Waals surface area contributed by atoms with Crippen molar-refractivity contribution in [2.75, 3.05) is 13.2 Å². The molecule has 0 aromatic carbocycles. The summed E-state index contributed by atoms with van der Waals surface area (Å²) in [6.45, 7) is 6.07. The Morgan fingerprint density at radius 1 is 1.03 bits per heavy atom. The number of carboxylic acids is 1. The van der Waals surface area contributed by atoms with Crippen LogP contribution in [-0.4, -0.2) is 82.2 Å². The summed E-state index contributed by atoms with van der Waals surface area (Å²) in [7, 11) is 0. The molecule has 2 heterocycles. The zero-order valence-electron chi connectivity index (χ0n) is 21.3. The van der Waals surface area contributed by atoms with Crippen molar-refractivity contribution in [3.63, 3.8) is 0 Å². The van der Waals surface area contributed by atoms with Crippen LogP contribution in [0.2, 0.25) is 0 Å². The molecule has 9 nitrogen and oxygen atoms in total. The molecule has 2 rings (SSSR count). The monoisotopic (exact) mass is 516 g/mol.